The Bertz CT molecular complexity index is 949. The van der Waals surface area contributed by atoms with Crippen molar-refractivity contribution in [3.05, 3.63) is 58.1 Å². The lowest BCUT2D eigenvalue weighted by Crippen LogP contribution is -2.26. The van der Waals surface area contributed by atoms with Gasteiger partial charge >= 0.3 is 0 Å². The second-order valence-electron chi connectivity index (χ2n) is 7.57. The van der Waals surface area contributed by atoms with Crippen LogP contribution < -0.4 is 9.62 Å². The smallest absolute Gasteiger partial charge is 0.264 e. The number of hydrogen-bond donors (Lipinski definition) is 1. The second-order valence-corrected chi connectivity index (χ2v) is 10.4. The highest BCUT2D eigenvalue weighted by Crippen LogP contribution is 2.40. The van der Waals surface area contributed by atoms with Gasteiger partial charge in [0.15, 0.2) is 0 Å². The number of nitrogens with one attached hydrogen (secondary N) is 1. The van der Waals surface area contributed by atoms with Crippen molar-refractivity contribution in [2.24, 2.45) is 0 Å². The maximum atomic E-state index is 13.3. The van der Waals surface area contributed by atoms with Gasteiger partial charge in [0.25, 0.3) is 10.0 Å². The van der Waals surface area contributed by atoms with E-state index < -0.39 is 10.0 Å². The molecule has 0 radical (unpaired) electrons. The van der Waals surface area contributed by atoms with Crippen molar-refractivity contribution in [1.82, 2.24) is 5.32 Å². The van der Waals surface area contributed by atoms with Crippen LogP contribution in [0.4, 0.5) is 5.69 Å². The quantitative estimate of drug-likeness (QED) is 0.458. The molecule has 7 heteroatoms. The first kappa shape index (κ1) is 23.3. The summed E-state index contributed by atoms with van der Waals surface area (Å²) in [4.78, 5) is 0.351. The zero-order chi connectivity index (χ0) is 21.6. The van der Waals surface area contributed by atoms with Crippen molar-refractivity contribution < 1.29 is 13.2 Å². The first-order chi connectivity index (χ1) is 14.5. The monoisotopic (exact) mass is 494 g/mol. The number of anilines is 1. The number of nitrogens with zero attached hydrogens (tertiary/aromatic N) is 1. The molecule has 0 bridgehead atoms. The van der Waals surface area contributed by atoms with Crippen LogP contribution in [0, 0.1) is 0 Å². The summed E-state index contributed by atoms with van der Waals surface area (Å²) in [5, 5.41) is 3.63. The first-order valence-corrected chi connectivity index (χ1v) is 12.9. The van der Waals surface area contributed by atoms with Crippen LogP contribution in [0.1, 0.15) is 56.2 Å². The summed E-state index contributed by atoms with van der Waals surface area (Å²) >= 11 is 3.43. The molecule has 1 aliphatic rings. The molecule has 164 valence electrons. The van der Waals surface area contributed by atoms with E-state index >= 15 is 0 Å². The van der Waals surface area contributed by atoms with E-state index in [0.717, 1.165) is 60.3 Å². The number of halogens is 1. The number of hydrogen-bond acceptors (Lipinski definition) is 4. The van der Waals surface area contributed by atoms with Gasteiger partial charge in [-0.05, 0) is 55.6 Å². The SMILES string of the molecule is CCOCCCCCCCNC1c2ccccc2N(C)S(=O)(=O)c2cc(Br)ccc21. The molecule has 1 heterocycles. The van der Waals surface area contributed by atoms with Gasteiger partial charge in [0.05, 0.1) is 16.6 Å². The number of ether oxygens (including phenoxy) is 1. The van der Waals surface area contributed by atoms with Crippen molar-refractivity contribution in [2.75, 3.05) is 31.1 Å². The van der Waals surface area contributed by atoms with Gasteiger partial charge < -0.3 is 10.1 Å². The number of sulfonamides is 1. The van der Waals surface area contributed by atoms with E-state index in [2.05, 4.69) is 21.2 Å². The van der Waals surface area contributed by atoms with Crippen molar-refractivity contribution >= 4 is 31.6 Å². The Balaban J connectivity index is 1.75. The molecule has 0 aliphatic carbocycles. The van der Waals surface area contributed by atoms with E-state index in [1.165, 1.54) is 17.1 Å². The Morgan fingerprint density at radius 2 is 1.77 bits per heavy atom. The van der Waals surface area contributed by atoms with Crippen molar-refractivity contribution in [2.45, 2.75) is 50.0 Å². The molecule has 2 aromatic carbocycles. The van der Waals surface area contributed by atoms with E-state index in [0.29, 0.717) is 4.90 Å². The van der Waals surface area contributed by atoms with Crippen LogP contribution in [0.2, 0.25) is 0 Å². The van der Waals surface area contributed by atoms with E-state index in [-0.39, 0.29) is 6.04 Å². The van der Waals surface area contributed by atoms with Gasteiger partial charge in [-0.3, -0.25) is 4.31 Å². The summed E-state index contributed by atoms with van der Waals surface area (Å²) in [5.74, 6) is 0. The fraction of sp³-hybridized carbons (Fsp3) is 0.478. The average Bonchev–Trinajstić information content (AvgIpc) is 2.80. The maximum Gasteiger partial charge on any atom is 0.264 e. The number of fused-ring (bicyclic) bond motifs is 2. The zero-order valence-corrected chi connectivity index (χ0v) is 20.1. The molecule has 0 spiro atoms. The highest BCUT2D eigenvalue weighted by molar-refractivity contribution is 9.10. The van der Waals surface area contributed by atoms with Crippen LogP contribution in [0.5, 0.6) is 0 Å². The number of para-hydroxylation sites is 1. The standard InChI is InChI=1S/C23H31BrN2O3S/c1-3-29-16-10-6-4-5-9-15-25-23-19-11-7-8-12-21(19)26(2)30(27,28)22-17-18(24)13-14-20(22)23/h7-8,11-14,17,23,25H,3-6,9-10,15-16H2,1-2H3. The minimum Gasteiger partial charge on any atom is -0.382 e. The van der Waals surface area contributed by atoms with E-state index in [4.69, 9.17) is 4.74 Å². The van der Waals surface area contributed by atoms with Crippen LogP contribution in [0.15, 0.2) is 51.8 Å². The molecule has 2 aromatic rings. The third-order valence-electron chi connectivity index (χ3n) is 5.53. The maximum absolute atomic E-state index is 13.3. The molecule has 1 N–H and O–H groups in total. The molecule has 0 saturated heterocycles. The van der Waals surface area contributed by atoms with Gasteiger partial charge in [0.2, 0.25) is 0 Å². The second kappa shape index (κ2) is 10.8. The van der Waals surface area contributed by atoms with Crippen molar-refractivity contribution in [3.8, 4) is 0 Å². The highest BCUT2D eigenvalue weighted by atomic mass is 79.9. The Morgan fingerprint density at radius 3 is 2.57 bits per heavy atom. The van der Waals surface area contributed by atoms with Crippen LogP contribution >= 0.6 is 15.9 Å². The zero-order valence-electron chi connectivity index (χ0n) is 17.7. The minimum absolute atomic E-state index is 0.165. The summed E-state index contributed by atoms with van der Waals surface area (Å²) < 4.78 is 34.1. The molecule has 0 amide bonds. The lowest BCUT2D eigenvalue weighted by molar-refractivity contribution is 0.143. The molecular weight excluding hydrogens is 464 g/mol. The van der Waals surface area contributed by atoms with Gasteiger partial charge in [-0.1, -0.05) is 59.5 Å². The summed E-state index contributed by atoms with van der Waals surface area (Å²) in [6.07, 6.45) is 5.70. The normalized spacial score (nSPS) is 17.3. The topological polar surface area (TPSA) is 58.6 Å². The van der Waals surface area contributed by atoms with E-state index in [9.17, 15) is 8.42 Å². The summed E-state index contributed by atoms with van der Waals surface area (Å²) in [6.45, 7) is 4.50. The molecule has 3 rings (SSSR count). The predicted octanol–water partition coefficient (Wildman–Crippen LogP) is 5.25. The largest absolute Gasteiger partial charge is 0.382 e. The van der Waals surface area contributed by atoms with Gasteiger partial charge in [0, 0.05) is 24.7 Å². The number of rotatable bonds is 10. The molecule has 0 fully saturated rings. The molecule has 1 atom stereocenters. The lowest BCUT2D eigenvalue weighted by Gasteiger charge is -2.22. The molecule has 0 aromatic heterocycles. The molecule has 30 heavy (non-hydrogen) atoms. The summed E-state index contributed by atoms with van der Waals surface area (Å²) in [7, 11) is -2.00. The fourth-order valence-corrected chi connectivity index (χ4v) is 5.90. The van der Waals surface area contributed by atoms with Crippen molar-refractivity contribution in [3.63, 3.8) is 0 Å². The van der Waals surface area contributed by atoms with Gasteiger partial charge in [-0.15, -0.1) is 0 Å². The first-order valence-electron chi connectivity index (χ1n) is 10.6. The summed E-state index contributed by atoms with van der Waals surface area (Å²) in [5.41, 5.74) is 2.51. The Hall–Kier alpha value is -1.41. The number of unbranched alkanes of at least 4 members (excludes halogenated alkanes) is 4. The van der Waals surface area contributed by atoms with E-state index in [1.54, 1.807) is 13.1 Å². The molecule has 0 saturated carbocycles. The fourth-order valence-electron chi connectivity index (χ4n) is 3.90. The van der Waals surface area contributed by atoms with Gasteiger partial charge in [-0.2, -0.15) is 0 Å². The Morgan fingerprint density at radius 1 is 1.03 bits per heavy atom. The lowest BCUT2D eigenvalue weighted by atomic mass is 9.96. The van der Waals surface area contributed by atoms with Crippen LogP contribution in [-0.4, -0.2) is 35.2 Å². The Labute approximate surface area is 189 Å². The van der Waals surface area contributed by atoms with Crippen LogP contribution in [-0.2, 0) is 14.8 Å². The summed E-state index contributed by atoms with van der Waals surface area (Å²) in [6, 6.07) is 13.1. The molecule has 5 nitrogen and oxygen atoms in total. The Kier molecular flexibility index (Phi) is 8.34. The molecule has 1 unspecified atom stereocenters. The third-order valence-corrected chi connectivity index (χ3v) is 7.85. The van der Waals surface area contributed by atoms with Gasteiger partial charge in [0.1, 0.15) is 0 Å². The van der Waals surface area contributed by atoms with E-state index in [1.807, 2.05) is 43.3 Å². The number of benzene rings is 2. The van der Waals surface area contributed by atoms with Crippen LogP contribution in [0.25, 0.3) is 0 Å². The average molecular weight is 495 g/mol. The van der Waals surface area contributed by atoms with Crippen LogP contribution in [0.3, 0.4) is 0 Å². The predicted molar refractivity (Wildman–Crippen MR) is 126 cm³/mol. The third kappa shape index (κ3) is 5.25. The molecule has 1 aliphatic heterocycles. The van der Waals surface area contributed by atoms with Gasteiger partial charge in [-0.25, -0.2) is 8.42 Å². The van der Waals surface area contributed by atoms with Crippen molar-refractivity contribution in [1.29, 1.82) is 0 Å². The minimum atomic E-state index is -3.62. The molecular formula is C23H31BrN2O3S. The highest BCUT2D eigenvalue weighted by Gasteiger charge is 2.34.